The number of pyridine rings is 1. The van der Waals surface area contributed by atoms with Crippen LogP contribution in [0.5, 0.6) is 0 Å². The van der Waals surface area contributed by atoms with Crippen molar-refractivity contribution in [2.75, 3.05) is 5.32 Å². The third kappa shape index (κ3) is 4.12. The molecule has 0 spiro atoms. The standard InChI is InChI=1S/C18H22N6O/c1-18(2,3)11-14-10-16(23(4)22-14)21-17(25)13-6-7-15(19-12-13)24-9-5-8-20-24/h5-10,12H,11H2,1-4H3,(H,21,25). The summed E-state index contributed by atoms with van der Waals surface area (Å²) in [6, 6.07) is 7.22. The predicted octanol–water partition coefficient (Wildman–Crippen LogP) is 2.84. The normalized spacial score (nSPS) is 11.5. The number of hydrogen-bond donors (Lipinski definition) is 1. The molecule has 3 heterocycles. The third-order valence-electron chi connectivity index (χ3n) is 3.63. The molecule has 1 amide bonds. The topological polar surface area (TPSA) is 77.6 Å². The van der Waals surface area contributed by atoms with E-state index in [2.05, 4.69) is 41.3 Å². The molecule has 7 heteroatoms. The van der Waals surface area contributed by atoms with Crippen LogP contribution in [-0.2, 0) is 13.5 Å². The minimum atomic E-state index is -0.218. The van der Waals surface area contributed by atoms with Gasteiger partial charge in [-0.25, -0.2) is 9.67 Å². The van der Waals surface area contributed by atoms with Crippen LogP contribution in [0.15, 0.2) is 42.9 Å². The van der Waals surface area contributed by atoms with E-state index in [9.17, 15) is 4.79 Å². The molecule has 3 aromatic heterocycles. The summed E-state index contributed by atoms with van der Waals surface area (Å²) in [4.78, 5) is 16.7. The Labute approximate surface area is 146 Å². The second kappa shape index (κ2) is 6.51. The minimum Gasteiger partial charge on any atom is -0.307 e. The van der Waals surface area contributed by atoms with E-state index in [1.54, 1.807) is 40.1 Å². The van der Waals surface area contributed by atoms with Crippen LogP contribution in [-0.4, -0.2) is 30.5 Å². The first-order valence-electron chi connectivity index (χ1n) is 8.12. The average Bonchev–Trinajstić information content (AvgIpc) is 3.16. The second-order valence-corrected chi connectivity index (χ2v) is 7.19. The molecule has 0 aliphatic carbocycles. The summed E-state index contributed by atoms with van der Waals surface area (Å²) in [5.41, 5.74) is 1.58. The van der Waals surface area contributed by atoms with Crippen LogP contribution in [0.25, 0.3) is 5.82 Å². The summed E-state index contributed by atoms with van der Waals surface area (Å²) >= 11 is 0. The van der Waals surface area contributed by atoms with Crippen LogP contribution in [0.3, 0.4) is 0 Å². The van der Waals surface area contributed by atoms with Gasteiger partial charge in [0.1, 0.15) is 5.82 Å². The van der Waals surface area contributed by atoms with Gasteiger partial charge in [-0.1, -0.05) is 20.8 Å². The minimum absolute atomic E-state index is 0.141. The number of amides is 1. The summed E-state index contributed by atoms with van der Waals surface area (Å²) in [7, 11) is 1.82. The van der Waals surface area contributed by atoms with Crippen LogP contribution in [0, 0.1) is 5.41 Å². The summed E-state index contributed by atoms with van der Waals surface area (Å²) in [6.07, 6.45) is 5.87. The summed E-state index contributed by atoms with van der Waals surface area (Å²) < 4.78 is 3.33. The van der Waals surface area contributed by atoms with E-state index >= 15 is 0 Å². The fraction of sp³-hybridized carbons (Fsp3) is 0.333. The number of aromatic nitrogens is 5. The average molecular weight is 338 g/mol. The highest BCUT2D eigenvalue weighted by molar-refractivity contribution is 6.03. The van der Waals surface area contributed by atoms with E-state index in [0.717, 1.165) is 12.1 Å². The number of rotatable bonds is 4. The second-order valence-electron chi connectivity index (χ2n) is 7.19. The van der Waals surface area contributed by atoms with Crippen molar-refractivity contribution in [2.24, 2.45) is 12.5 Å². The number of hydrogen-bond acceptors (Lipinski definition) is 4. The van der Waals surface area contributed by atoms with Crippen LogP contribution in [0.4, 0.5) is 5.82 Å². The Hall–Kier alpha value is -2.96. The van der Waals surface area contributed by atoms with E-state index in [1.165, 1.54) is 0 Å². The number of carbonyl (C=O) groups is 1. The number of nitrogens with one attached hydrogen (secondary N) is 1. The van der Waals surface area contributed by atoms with Gasteiger partial charge in [-0.2, -0.15) is 10.2 Å². The molecule has 3 rings (SSSR count). The molecule has 0 aromatic carbocycles. The molecule has 3 aromatic rings. The molecule has 130 valence electrons. The van der Waals surface area contributed by atoms with Gasteiger partial charge in [0.25, 0.3) is 5.91 Å². The van der Waals surface area contributed by atoms with Gasteiger partial charge in [-0.05, 0) is 30.0 Å². The van der Waals surface area contributed by atoms with Crippen molar-refractivity contribution >= 4 is 11.7 Å². The molecule has 0 fully saturated rings. The number of nitrogens with zero attached hydrogens (tertiary/aromatic N) is 5. The van der Waals surface area contributed by atoms with Crippen molar-refractivity contribution < 1.29 is 4.79 Å². The van der Waals surface area contributed by atoms with Gasteiger partial charge in [0.15, 0.2) is 5.82 Å². The van der Waals surface area contributed by atoms with Crippen molar-refractivity contribution in [1.29, 1.82) is 0 Å². The summed E-state index contributed by atoms with van der Waals surface area (Å²) in [5.74, 6) is 1.11. The van der Waals surface area contributed by atoms with Gasteiger partial charge in [0.2, 0.25) is 0 Å². The molecule has 0 saturated carbocycles. The Morgan fingerprint density at radius 1 is 1.28 bits per heavy atom. The van der Waals surface area contributed by atoms with Crippen molar-refractivity contribution in [2.45, 2.75) is 27.2 Å². The first-order chi connectivity index (χ1) is 11.8. The fourth-order valence-corrected chi connectivity index (χ4v) is 2.52. The molecule has 25 heavy (non-hydrogen) atoms. The summed E-state index contributed by atoms with van der Waals surface area (Å²) in [5, 5.41) is 11.5. The maximum Gasteiger partial charge on any atom is 0.258 e. The monoisotopic (exact) mass is 338 g/mol. The van der Waals surface area contributed by atoms with E-state index in [4.69, 9.17) is 0 Å². The highest BCUT2D eigenvalue weighted by atomic mass is 16.1. The van der Waals surface area contributed by atoms with Crippen LogP contribution >= 0.6 is 0 Å². The summed E-state index contributed by atoms with van der Waals surface area (Å²) in [6.45, 7) is 6.48. The lowest BCUT2D eigenvalue weighted by molar-refractivity contribution is 0.102. The smallest absolute Gasteiger partial charge is 0.258 e. The van der Waals surface area contributed by atoms with Gasteiger partial charge in [0.05, 0.1) is 11.3 Å². The van der Waals surface area contributed by atoms with E-state index in [1.807, 2.05) is 19.2 Å². The SMILES string of the molecule is Cn1nc(CC(C)(C)C)cc1NC(=O)c1ccc(-n2cccn2)nc1. The van der Waals surface area contributed by atoms with Gasteiger partial charge in [-0.15, -0.1) is 0 Å². The van der Waals surface area contributed by atoms with Crippen LogP contribution < -0.4 is 5.32 Å². The molecule has 0 atom stereocenters. The molecule has 1 N–H and O–H groups in total. The molecule has 0 saturated heterocycles. The highest BCUT2D eigenvalue weighted by Gasteiger charge is 2.16. The first-order valence-corrected chi connectivity index (χ1v) is 8.12. The zero-order valence-corrected chi connectivity index (χ0v) is 14.9. The van der Waals surface area contributed by atoms with Crippen molar-refractivity contribution in [3.8, 4) is 5.82 Å². The van der Waals surface area contributed by atoms with E-state index < -0.39 is 0 Å². The Balaban J connectivity index is 1.72. The van der Waals surface area contributed by atoms with Crippen molar-refractivity contribution in [3.63, 3.8) is 0 Å². The Bertz CT molecular complexity index is 856. The quantitative estimate of drug-likeness (QED) is 0.793. The Morgan fingerprint density at radius 3 is 2.68 bits per heavy atom. The molecular formula is C18H22N6O. The zero-order chi connectivity index (χ0) is 18.0. The molecule has 7 nitrogen and oxygen atoms in total. The molecule has 0 radical (unpaired) electrons. The first kappa shape index (κ1) is 16.9. The molecule has 0 aliphatic rings. The number of aryl methyl sites for hydroxylation is 1. The van der Waals surface area contributed by atoms with Gasteiger partial charge in [-0.3, -0.25) is 9.48 Å². The fourth-order valence-electron chi connectivity index (χ4n) is 2.52. The lowest BCUT2D eigenvalue weighted by Gasteiger charge is -2.15. The molecule has 0 unspecified atom stereocenters. The van der Waals surface area contributed by atoms with E-state index in [-0.39, 0.29) is 11.3 Å². The number of carbonyl (C=O) groups excluding carboxylic acids is 1. The Morgan fingerprint density at radius 2 is 2.08 bits per heavy atom. The largest absolute Gasteiger partial charge is 0.307 e. The van der Waals surface area contributed by atoms with Crippen LogP contribution in [0.1, 0.15) is 36.8 Å². The molecule has 0 aliphatic heterocycles. The van der Waals surface area contributed by atoms with Gasteiger partial charge in [0, 0.05) is 31.7 Å². The number of anilines is 1. The third-order valence-corrected chi connectivity index (χ3v) is 3.63. The van der Waals surface area contributed by atoms with Gasteiger partial charge >= 0.3 is 0 Å². The lowest BCUT2D eigenvalue weighted by atomic mass is 9.91. The van der Waals surface area contributed by atoms with Crippen molar-refractivity contribution in [1.82, 2.24) is 24.5 Å². The van der Waals surface area contributed by atoms with Crippen molar-refractivity contribution in [3.05, 3.63) is 54.1 Å². The maximum absolute atomic E-state index is 12.4. The highest BCUT2D eigenvalue weighted by Crippen LogP contribution is 2.21. The zero-order valence-electron chi connectivity index (χ0n) is 14.9. The maximum atomic E-state index is 12.4. The Kier molecular flexibility index (Phi) is 4.39. The molecular weight excluding hydrogens is 316 g/mol. The lowest BCUT2D eigenvalue weighted by Crippen LogP contribution is -2.15. The van der Waals surface area contributed by atoms with E-state index in [0.29, 0.717) is 17.2 Å². The van der Waals surface area contributed by atoms with Gasteiger partial charge < -0.3 is 5.32 Å². The molecule has 0 bridgehead atoms. The predicted molar refractivity (Wildman–Crippen MR) is 95.7 cm³/mol. The van der Waals surface area contributed by atoms with Crippen LogP contribution in [0.2, 0.25) is 0 Å².